The van der Waals surface area contributed by atoms with Crippen LogP contribution in [0.1, 0.15) is 16.7 Å². The minimum absolute atomic E-state index is 0. The maximum atomic E-state index is 11.3. The molecule has 0 aliphatic heterocycles. The molecule has 6 heteroatoms. The smallest absolute Gasteiger partial charge is 0.193 e. The second-order valence-corrected chi connectivity index (χ2v) is 6.68. The van der Waals surface area contributed by atoms with Gasteiger partial charge in [0.05, 0.1) is 6.54 Å². The van der Waals surface area contributed by atoms with E-state index < -0.39 is 10.8 Å². The van der Waals surface area contributed by atoms with Gasteiger partial charge >= 0.3 is 0 Å². The van der Waals surface area contributed by atoms with E-state index in [9.17, 15) is 4.21 Å². The Labute approximate surface area is 157 Å². The van der Waals surface area contributed by atoms with Crippen molar-refractivity contribution >= 4 is 46.4 Å². The van der Waals surface area contributed by atoms with Crippen LogP contribution in [0.5, 0.6) is 0 Å². The van der Waals surface area contributed by atoms with Gasteiger partial charge in [0.2, 0.25) is 0 Å². The van der Waals surface area contributed by atoms with Crippen molar-refractivity contribution in [1.82, 2.24) is 0 Å². The van der Waals surface area contributed by atoms with Gasteiger partial charge in [-0.25, -0.2) is 4.99 Å². The number of guanidine groups is 1. The second-order valence-electron chi connectivity index (χ2n) is 5.30. The lowest BCUT2D eigenvalue weighted by atomic mass is 10.1. The Morgan fingerprint density at radius 2 is 1.70 bits per heavy atom. The zero-order valence-corrected chi connectivity index (χ0v) is 16.6. The quantitative estimate of drug-likeness (QED) is 0.431. The summed E-state index contributed by atoms with van der Waals surface area (Å²) in [6.07, 6.45) is 1.67. The lowest BCUT2D eigenvalue weighted by Gasteiger charge is -2.08. The van der Waals surface area contributed by atoms with E-state index in [1.165, 1.54) is 11.1 Å². The molecule has 0 saturated heterocycles. The van der Waals surface area contributed by atoms with Gasteiger partial charge in [-0.3, -0.25) is 4.21 Å². The largest absolute Gasteiger partial charge is 0.370 e. The molecule has 2 aromatic carbocycles. The van der Waals surface area contributed by atoms with Crippen LogP contribution in [0.3, 0.4) is 0 Å². The van der Waals surface area contributed by atoms with Crippen LogP contribution in [0.15, 0.2) is 52.4 Å². The highest BCUT2D eigenvalue weighted by Crippen LogP contribution is 2.13. The molecule has 0 aliphatic rings. The van der Waals surface area contributed by atoms with Crippen LogP contribution in [0.25, 0.3) is 0 Å². The van der Waals surface area contributed by atoms with Gasteiger partial charge in [-0.1, -0.05) is 18.2 Å². The van der Waals surface area contributed by atoms with Crippen molar-refractivity contribution in [3.8, 4) is 0 Å². The number of nitrogens with two attached hydrogens (primary N) is 1. The maximum Gasteiger partial charge on any atom is 0.193 e. The molecule has 124 valence electrons. The van der Waals surface area contributed by atoms with Crippen LogP contribution in [0.2, 0.25) is 0 Å². The normalized spacial score (nSPS) is 12.4. The first-order valence-electron chi connectivity index (χ1n) is 7.01. The molecule has 0 amide bonds. The van der Waals surface area contributed by atoms with Crippen molar-refractivity contribution in [2.45, 2.75) is 25.3 Å². The van der Waals surface area contributed by atoms with Gasteiger partial charge < -0.3 is 11.1 Å². The van der Waals surface area contributed by atoms with Crippen molar-refractivity contribution in [2.24, 2.45) is 10.7 Å². The van der Waals surface area contributed by atoms with E-state index in [2.05, 4.69) is 16.4 Å². The van der Waals surface area contributed by atoms with Crippen molar-refractivity contribution in [3.63, 3.8) is 0 Å². The number of hydrogen-bond donors (Lipinski definition) is 2. The molecule has 2 aromatic rings. The predicted octanol–water partition coefficient (Wildman–Crippen LogP) is 3.59. The molecule has 0 spiro atoms. The molecular formula is C17H22IN3OS. The fourth-order valence-electron chi connectivity index (χ4n) is 2.20. The molecule has 3 N–H and O–H groups in total. The third kappa shape index (κ3) is 6.31. The molecule has 0 aliphatic carbocycles. The third-order valence-corrected chi connectivity index (χ3v) is 4.12. The first kappa shape index (κ1) is 19.6. The SMILES string of the molecule is Cc1cc(C)cc(NC(N)=NCc2ccc(S(C)=O)cc2)c1.I. The Kier molecular flexibility index (Phi) is 7.70. The standard InChI is InChI=1S/C17H21N3OS.HI/c1-12-8-13(2)10-15(9-12)20-17(18)19-11-14-4-6-16(7-5-14)22(3)21;/h4-10H,11H2,1-3H3,(H3,18,19,20);1H. The van der Waals surface area contributed by atoms with Gasteiger partial charge in [0.1, 0.15) is 0 Å². The molecular weight excluding hydrogens is 421 g/mol. The molecule has 2 rings (SSSR count). The van der Waals surface area contributed by atoms with Gasteiger partial charge in [-0.15, -0.1) is 24.0 Å². The summed E-state index contributed by atoms with van der Waals surface area (Å²) in [6, 6.07) is 13.7. The highest BCUT2D eigenvalue weighted by molar-refractivity contribution is 14.0. The van der Waals surface area contributed by atoms with Crippen LogP contribution >= 0.6 is 24.0 Å². The Morgan fingerprint density at radius 3 is 2.22 bits per heavy atom. The van der Waals surface area contributed by atoms with Crippen molar-refractivity contribution in [2.75, 3.05) is 11.6 Å². The number of halogens is 1. The number of rotatable bonds is 4. The van der Waals surface area contributed by atoms with E-state index in [1.807, 2.05) is 50.2 Å². The number of nitrogens with zero attached hydrogens (tertiary/aromatic N) is 1. The molecule has 23 heavy (non-hydrogen) atoms. The summed E-state index contributed by atoms with van der Waals surface area (Å²) in [5.74, 6) is 0.383. The molecule has 0 bridgehead atoms. The van der Waals surface area contributed by atoms with Gasteiger partial charge in [-0.05, 0) is 54.8 Å². The highest BCUT2D eigenvalue weighted by Gasteiger charge is 2.00. The van der Waals surface area contributed by atoms with Crippen LogP contribution in [0, 0.1) is 13.8 Å². The van der Waals surface area contributed by atoms with Crippen molar-refractivity contribution in [3.05, 3.63) is 59.2 Å². The number of anilines is 1. The third-order valence-electron chi connectivity index (χ3n) is 3.18. The number of aryl methyl sites for hydroxylation is 2. The molecule has 0 saturated carbocycles. The lowest BCUT2D eigenvalue weighted by molar-refractivity contribution is 0.687. The molecule has 0 heterocycles. The van der Waals surface area contributed by atoms with Gasteiger partial charge in [0.25, 0.3) is 0 Å². The highest BCUT2D eigenvalue weighted by atomic mass is 127. The predicted molar refractivity (Wildman–Crippen MR) is 109 cm³/mol. The summed E-state index contributed by atoms with van der Waals surface area (Å²) in [7, 11) is -0.954. The Hall–Kier alpha value is -1.41. The summed E-state index contributed by atoms with van der Waals surface area (Å²) in [6.45, 7) is 4.58. The monoisotopic (exact) mass is 443 g/mol. The Balaban J connectivity index is 0.00000264. The van der Waals surface area contributed by atoms with E-state index in [-0.39, 0.29) is 24.0 Å². The Bertz CT molecular complexity index is 694. The summed E-state index contributed by atoms with van der Waals surface area (Å²) in [5.41, 5.74) is 10.2. The van der Waals surface area contributed by atoms with E-state index in [1.54, 1.807) is 6.26 Å². The first-order chi connectivity index (χ1) is 10.4. The van der Waals surface area contributed by atoms with Gasteiger partial charge in [-0.2, -0.15) is 0 Å². The second kappa shape index (κ2) is 9.02. The average Bonchev–Trinajstić information content (AvgIpc) is 2.44. The fraction of sp³-hybridized carbons (Fsp3) is 0.235. The van der Waals surface area contributed by atoms with Crippen LogP contribution < -0.4 is 11.1 Å². The number of aliphatic imine (C=N–C) groups is 1. The summed E-state index contributed by atoms with van der Waals surface area (Å²) >= 11 is 0. The maximum absolute atomic E-state index is 11.3. The topological polar surface area (TPSA) is 67.5 Å². The van der Waals surface area contributed by atoms with E-state index in [0.717, 1.165) is 16.1 Å². The summed E-state index contributed by atoms with van der Waals surface area (Å²) in [5, 5.41) is 3.10. The molecule has 4 nitrogen and oxygen atoms in total. The summed E-state index contributed by atoms with van der Waals surface area (Å²) in [4.78, 5) is 5.14. The number of benzene rings is 2. The van der Waals surface area contributed by atoms with E-state index in [4.69, 9.17) is 5.73 Å². The minimum atomic E-state index is -0.954. The molecule has 0 aromatic heterocycles. The molecule has 0 radical (unpaired) electrons. The fourth-order valence-corrected chi connectivity index (χ4v) is 2.72. The van der Waals surface area contributed by atoms with Crippen molar-refractivity contribution in [1.29, 1.82) is 0 Å². The van der Waals surface area contributed by atoms with Crippen LogP contribution in [-0.4, -0.2) is 16.4 Å². The molecule has 1 unspecified atom stereocenters. The van der Waals surface area contributed by atoms with Crippen molar-refractivity contribution < 1.29 is 4.21 Å². The first-order valence-corrected chi connectivity index (χ1v) is 8.57. The zero-order chi connectivity index (χ0) is 16.1. The van der Waals surface area contributed by atoms with Crippen LogP contribution in [0.4, 0.5) is 5.69 Å². The number of hydrogen-bond acceptors (Lipinski definition) is 2. The number of nitrogens with one attached hydrogen (secondary N) is 1. The molecule has 1 atom stereocenters. The van der Waals surface area contributed by atoms with Gasteiger partial charge in [0.15, 0.2) is 5.96 Å². The van der Waals surface area contributed by atoms with Gasteiger partial charge in [0, 0.05) is 27.6 Å². The van der Waals surface area contributed by atoms with E-state index >= 15 is 0 Å². The van der Waals surface area contributed by atoms with E-state index in [0.29, 0.717) is 12.5 Å². The van der Waals surface area contributed by atoms with Crippen LogP contribution in [-0.2, 0) is 17.3 Å². The average molecular weight is 443 g/mol. The zero-order valence-electron chi connectivity index (χ0n) is 13.5. The Morgan fingerprint density at radius 1 is 1.13 bits per heavy atom. The summed E-state index contributed by atoms with van der Waals surface area (Å²) < 4.78 is 11.3. The molecule has 0 fully saturated rings. The lowest BCUT2D eigenvalue weighted by Crippen LogP contribution is -2.22. The minimum Gasteiger partial charge on any atom is -0.370 e.